The van der Waals surface area contributed by atoms with Crippen molar-refractivity contribution in [1.29, 1.82) is 0 Å². The maximum Gasteiger partial charge on any atom is 0.573 e. The molecule has 2 saturated carbocycles. The maximum absolute atomic E-state index is 12.6. The number of hydrogen-bond donors (Lipinski definition) is 4. The second-order valence-corrected chi connectivity index (χ2v) is 14.8. The summed E-state index contributed by atoms with van der Waals surface area (Å²) in [7, 11) is -3.40. The molecule has 4 N–H and O–H groups in total. The Bertz CT molecular complexity index is 1810. The summed E-state index contributed by atoms with van der Waals surface area (Å²) >= 11 is 1.44. The van der Waals surface area contributed by atoms with Crippen LogP contribution in [-0.4, -0.2) is 75.2 Å². The number of rotatable bonds is 10. The third kappa shape index (κ3) is 7.79. The van der Waals surface area contributed by atoms with Gasteiger partial charge in [0, 0.05) is 30.5 Å². The third-order valence-corrected chi connectivity index (χ3v) is 10.0. The van der Waals surface area contributed by atoms with Crippen LogP contribution in [0.15, 0.2) is 42.7 Å². The number of nitrogens with zero attached hydrogens (tertiary/aromatic N) is 4. The number of pyridine rings is 1. The van der Waals surface area contributed by atoms with E-state index in [9.17, 15) is 31.8 Å². The number of fused-ring (bicyclic) bond motifs is 1. The topological polar surface area (TPSA) is 159 Å². The molecule has 3 aromatic heterocycles. The highest BCUT2D eigenvalue weighted by Crippen LogP contribution is 2.44. The van der Waals surface area contributed by atoms with Crippen LogP contribution in [-0.2, 0) is 9.84 Å². The average Bonchev–Trinajstić information content (AvgIpc) is 3.66. The van der Waals surface area contributed by atoms with E-state index >= 15 is 0 Å². The number of ether oxygens (including phenoxy) is 1. The zero-order valence-corrected chi connectivity index (χ0v) is 27.1. The molecule has 248 valence electrons. The Hall–Kier alpha value is -3.31. The van der Waals surface area contributed by atoms with Crippen LogP contribution in [0.2, 0.25) is 0 Å². The Morgan fingerprint density at radius 3 is 2.46 bits per heavy atom. The highest BCUT2D eigenvalue weighted by atomic mass is 35.5. The molecule has 5 atom stereocenters. The molecule has 0 spiro atoms. The molecule has 0 aliphatic heterocycles. The molecule has 2 fully saturated rings. The van der Waals surface area contributed by atoms with Crippen molar-refractivity contribution in [1.82, 2.24) is 19.9 Å². The van der Waals surface area contributed by atoms with Gasteiger partial charge < -0.3 is 25.6 Å². The van der Waals surface area contributed by atoms with Gasteiger partial charge in [-0.3, -0.25) is 4.98 Å². The van der Waals surface area contributed by atoms with Crippen LogP contribution in [0.5, 0.6) is 5.75 Å². The van der Waals surface area contributed by atoms with E-state index in [1.807, 2.05) is 6.07 Å². The maximum atomic E-state index is 12.6. The molecular weight excluding hydrogens is 669 g/mol. The number of anilines is 2. The van der Waals surface area contributed by atoms with Crippen molar-refractivity contribution in [3.63, 3.8) is 0 Å². The lowest BCUT2D eigenvalue weighted by Gasteiger charge is -2.21. The summed E-state index contributed by atoms with van der Waals surface area (Å²) in [5, 5.41) is 28.5. The van der Waals surface area contributed by atoms with Crippen molar-refractivity contribution in [2.75, 3.05) is 22.6 Å². The summed E-state index contributed by atoms with van der Waals surface area (Å²) in [6.07, 6.45) is -0.571. The van der Waals surface area contributed by atoms with E-state index in [0.29, 0.717) is 27.9 Å². The number of hydrogen-bond acceptors (Lipinski definition) is 12. The van der Waals surface area contributed by atoms with Crippen molar-refractivity contribution >= 4 is 55.6 Å². The van der Waals surface area contributed by atoms with Crippen LogP contribution in [0, 0.1) is 5.92 Å². The number of sulfone groups is 1. The lowest BCUT2D eigenvalue weighted by atomic mass is 10.1. The van der Waals surface area contributed by atoms with Gasteiger partial charge in [0.15, 0.2) is 0 Å². The highest BCUT2D eigenvalue weighted by Gasteiger charge is 2.43. The summed E-state index contributed by atoms with van der Waals surface area (Å²) in [6, 6.07) is 6.19. The normalized spacial score (nSPS) is 22.3. The van der Waals surface area contributed by atoms with Crippen LogP contribution in [0.3, 0.4) is 0 Å². The van der Waals surface area contributed by atoms with Gasteiger partial charge in [-0.05, 0) is 49.9 Å². The molecule has 3 heterocycles. The van der Waals surface area contributed by atoms with Gasteiger partial charge in [0.2, 0.25) is 5.95 Å². The van der Waals surface area contributed by atoms with Crippen LogP contribution >= 0.6 is 23.7 Å². The van der Waals surface area contributed by atoms with Crippen molar-refractivity contribution in [3.05, 3.63) is 54.0 Å². The van der Waals surface area contributed by atoms with Gasteiger partial charge in [0.1, 0.15) is 38.0 Å². The zero-order valence-electron chi connectivity index (χ0n) is 24.6. The number of aromatic nitrogens is 4. The molecule has 2 aliphatic carbocycles. The number of aliphatic hydroxyl groups excluding tert-OH is 2. The van der Waals surface area contributed by atoms with E-state index in [4.69, 9.17) is 4.98 Å². The van der Waals surface area contributed by atoms with Crippen LogP contribution in [0.1, 0.15) is 49.4 Å². The van der Waals surface area contributed by atoms with Crippen molar-refractivity contribution < 1.29 is 36.5 Å². The van der Waals surface area contributed by atoms with Gasteiger partial charge in [-0.25, -0.2) is 18.4 Å². The summed E-state index contributed by atoms with van der Waals surface area (Å²) in [5.74, 6) is -0.411. The van der Waals surface area contributed by atoms with Gasteiger partial charge in [-0.15, -0.1) is 36.9 Å². The zero-order chi connectivity index (χ0) is 32.1. The van der Waals surface area contributed by atoms with Gasteiger partial charge in [0.25, 0.3) is 0 Å². The van der Waals surface area contributed by atoms with Crippen LogP contribution < -0.4 is 15.4 Å². The van der Waals surface area contributed by atoms with E-state index in [2.05, 4.69) is 30.3 Å². The van der Waals surface area contributed by atoms with E-state index < -0.39 is 46.4 Å². The first-order valence-electron chi connectivity index (χ1n) is 14.3. The van der Waals surface area contributed by atoms with Gasteiger partial charge >= 0.3 is 6.36 Å². The second-order valence-electron chi connectivity index (χ2n) is 11.6. The molecule has 0 unspecified atom stereocenters. The monoisotopic (exact) mass is 700 g/mol. The third-order valence-electron chi connectivity index (χ3n) is 7.92. The Labute approximate surface area is 273 Å². The number of thiazole rings is 1. The minimum atomic E-state index is -4.79. The molecular formula is C29H32ClF3N6O5S2. The Kier molecular flexibility index (Phi) is 9.67. The summed E-state index contributed by atoms with van der Waals surface area (Å²) < 4.78 is 66.5. The predicted molar refractivity (Wildman–Crippen MR) is 170 cm³/mol. The molecule has 4 aromatic rings. The van der Waals surface area contributed by atoms with E-state index in [-0.39, 0.29) is 36.3 Å². The molecule has 11 nitrogen and oxygen atoms in total. The first-order valence-corrected chi connectivity index (χ1v) is 17.2. The Morgan fingerprint density at radius 2 is 1.80 bits per heavy atom. The van der Waals surface area contributed by atoms with E-state index in [0.717, 1.165) is 35.0 Å². The molecule has 0 saturated heterocycles. The first kappa shape index (κ1) is 34.0. The summed E-state index contributed by atoms with van der Waals surface area (Å²) in [4.78, 5) is 18.6. The molecule has 0 bridgehead atoms. The van der Waals surface area contributed by atoms with Gasteiger partial charge in [-0.1, -0.05) is 12.1 Å². The summed E-state index contributed by atoms with van der Waals surface area (Å²) in [6.45, 7) is 1.79. The number of aliphatic hydroxyl groups is 2. The smallest absolute Gasteiger partial charge is 0.406 e. The molecule has 0 radical (unpaired) electrons. The van der Waals surface area contributed by atoms with Crippen molar-refractivity contribution in [3.8, 4) is 16.3 Å². The fraction of sp³-hybridized carbons (Fsp3) is 0.448. The Balaban J connectivity index is 0.00000417. The van der Waals surface area contributed by atoms with E-state index in [1.54, 1.807) is 19.3 Å². The lowest BCUT2D eigenvalue weighted by molar-refractivity contribution is -0.274. The first-order chi connectivity index (χ1) is 21.2. The lowest BCUT2D eigenvalue weighted by Crippen LogP contribution is -2.36. The van der Waals surface area contributed by atoms with E-state index in [1.165, 1.54) is 35.6 Å². The van der Waals surface area contributed by atoms with Crippen molar-refractivity contribution in [2.45, 2.75) is 62.8 Å². The summed E-state index contributed by atoms with van der Waals surface area (Å²) in [5.41, 5.74) is 2.94. The fourth-order valence-corrected chi connectivity index (χ4v) is 7.69. The fourth-order valence-electron chi connectivity index (χ4n) is 5.60. The number of halogens is 4. The minimum Gasteiger partial charge on any atom is -0.406 e. The molecule has 1 aromatic carbocycles. The standard InChI is InChI=1S/C29H31F3N6O5S2.ClH/c1-14(15-5-7-18(8-6-15)43-29(30,31)32)35-28-34-12-19(27-37-23-21(44-27)9-10-33-22(23)16-3-4-16)26(38-28)36-20-11-17(13-45(2,41)42)24(39)25(20)40;/h5-10,12,14,16-17,20,24-25,39-40H,3-4,11,13H2,1-2H3,(H2,34,35,36,38);1H/t14-,17-,20-,24-,25+;/m1./s1. The predicted octanol–water partition coefficient (Wildman–Crippen LogP) is 5.09. The number of alkyl halides is 3. The average molecular weight is 701 g/mol. The molecule has 46 heavy (non-hydrogen) atoms. The van der Waals surface area contributed by atoms with Gasteiger partial charge in [0.05, 0.1) is 39.9 Å². The highest BCUT2D eigenvalue weighted by molar-refractivity contribution is 7.90. The van der Waals surface area contributed by atoms with Crippen LogP contribution in [0.25, 0.3) is 20.8 Å². The minimum absolute atomic E-state index is 0. The molecule has 2 aliphatic rings. The molecule has 6 rings (SSSR count). The Morgan fingerprint density at radius 1 is 1.09 bits per heavy atom. The largest absolute Gasteiger partial charge is 0.573 e. The second kappa shape index (κ2) is 13.1. The quantitative estimate of drug-likeness (QED) is 0.175. The van der Waals surface area contributed by atoms with Gasteiger partial charge in [-0.2, -0.15) is 4.98 Å². The number of benzene rings is 1. The molecule has 17 heteroatoms. The SMILES string of the molecule is C[C@@H](Nc1ncc(-c2nc3c(C4CC4)nccc3s2)c(N[C@@H]2C[C@H](CS(C)(=O)=O)[C@@H](O)[C@H]2O)n1)c1ccc(OC(F)(F)F)cc1.Cl. The van der Waals surface area contributed by atoms with Crippen molar-refractivity contribution in [2.24, 2.45) is 5.92 Å². The molecule has 0 amide bonds. The number of nitrogens with one attached hydrogen (secondary N) is 2. The van der Waals surface area contributed by atoms with Crippen LogP contribution in [0.4, 0.5) is 24.9 Å².